The van der Waals surface area contributed by atoms with Gasteiger partial charge in [0.2, 0.25) is 5.91 Å². The minimum absolute atomic E-state index is 0.180. The van der Waals surface area contributed by atoms with E-state index in [1.807, 2.05) is 25.1 Å². The lowest BCUT2D eigenvalue weighted by Gasteiger charge is -2.08. The van der Waals surface area contributed by atoms with E-state index in [9.17, 15) is 4.79 Å². The summed E-state index contributed by atoms with van der Waals surface area (Å²) < 4.78 is 0.972. The molecule has 3 N–H and O–H groups in total. The predicted molar refractivity (Wildman–Crippen MR) is 61.2 cm³/mol. The van der Waals surface area contributed by atoms with Gasteiger partial charge in [0.05, 0.1) is 6.04 Å². The number of benzene rings is 1. The maximum Gasteiger partial charge on any atom is 0.240 e. The third-order valence-corrected chi connectivity index (χ3v) is 2.71. The van der Waals surface area contributed by atoms with E-state index in [-0.39, 0.29) is 5.91 Å². The van der Waals surface area contributed by atoms with Gasteiger partial charge in [0.25, 0.3) is 0 Å². The summed E-state index contributed by atoms with van der Waals surface area (Å²) in [5.74, 6) is -0.180. The highest BCUT2D eigenvalue weighted by molar-refractivity contribution is 9.10. The maximum absolute atomic E-state index is 11.3. The SMILES string of the molecule is Cc1ccc(NC(=O)[C@@H](C)N)cc1Br. The first-order valence-electron chi connectivity index (χ1n) is 4.33. The molecule has 0 bridgehead atoms. The maximum atomic E-state index is 11.3. The van der Waals surface area contributed by atoms with Crippen LogP contribution in [0.1, 0.15) is 12.5 Å². The molecule has 0 fully saturated rings. The van der Waals surface area contributed by atoms with E-state index in [2.05, 4.69) is 21.2 Å². The van der Waals surface area contributed by atoms with Gasteiger partial charge in [-0.05, 0) is 31.5 Å². The zero-order valence-corrected chi connectivity index (χ0v) is 9.76. The van der Waals surface area contributed by atoms with Crippen LogP contribution in [0.4, 0.5) is 5.69 Å². The fraction of sp³-hybridized carbons (Fsp3) is 0.300. The molecule has 1 atom stereocenters. The molecule has 1 aromatic carbocycles. The van der Waals surface area contributed by atoms with E-state index in [4.69, 9.17) is 5.73 Å². The molecular formula is C10H13BrN2O. The highest BCUT2D eigenvalue weighted by atomic mass is 79.9. The molecule has 3 nitrogen and oxygen atoms in total. The zero-order chi connectivity index (χ0) is 10.7. The van der Waals surface area contributed by atoms with Gasteiger partial charge in [-0.2, -0.15) is 0 Å². The Kier molecular flexibility index (Phi) is 3.66. The van der Waals surface area contributed by atoms with Gasteiger partial charge in [-0.25, -0.2) is 0 Å². The van der Waals surface area contributed by atoms with Crippen molar-refractivity contribution in [1.29, 1.82) is 0 Å². The highest BCUT2D eigenvalue weighted by Gasteiger charge is 2.07. The van der Waals surface area contributed by atoms with E-state index in [0.29, 0.717) is 0 Å². The number of nitrogens with one attached hydrogen (secondary N) is 1. The Morgan fingerprint density at radius 2 is 2.21 bits per heavy atom. The second-order valence-corrected chi connectivity index (χ2v) is 4.10. The number of aryl methyl sites for hydroxylation is 1. The van der Waals surface area contributed by atoms with Gasteiger partial charge in [-0.3, -0.25) is 4.79 Å². The fourth-order valence-corrected chi connectivity index (χ4v) is 1.31. The Labute approximate surface area is 91.8 Å². The summed E-state index contributed by atoms with van der Waals surface area (Å²) >= 11 is 3.39. The van der Waals surface area contributed by atoms with Crippen molar-refractivity contribution < 1.29 is 4.79 Å². The van der Waals surface area contributed by atoms with Gasteiger partial charge in [0.1, 0.15) is 0 Å². The number of rotatable bonds is 2. The van der Waals surface area contributed by atoms with Crippen molar-refractivity contribution in [2.45, 2.75) is 19.9 Å². The van der Waals surface area contributed by atoms with Crippen molar-refractivity contribution in [1.82, 2.24) is 0 Å². The van der Waals surface area contributed by atoms with E-state index in [0.717, 1.165) is 15.7 Å². The molecule has 0 aliphatic carbocycles. The lowest BCUT2D eigenvalue weighted by molar-refractivity contribution is -0.117. The number of anilines is 1. The molecular weight excluding hydrogens is 244 g/mol. The van der Waals surface area contributed by atoms with Crippen LogP contribution in [0.2, 0.25) is 0 Å². The Hall–Kier alpha value is -0.870. The Morgan fingerprint density at radius 3 is 2.71 bits per heavy atom. The topological polar surface area (TPSA) is 55.1 Å². The van der Waals surface area contributed by atoms with Crippen molar-refractivity contribution >= 4 is 27.5 Å². The molecule has 4 heteroatoms. The van der Waals surface area contributed by atoms with E-state index >= 15 is 0 Å². The van der Waals surface area contributed by atoms with Crippen LogP contribution in [0.5, 0.6) is 0 Å². The van der Waals surface area contributed by atoms with E-state index in [1.165, 1.54) is 0 Å². The first-order valence-corrected chi connectivity index (χ1v) is 5.12. The second-order valence-electron chi connectivity index (χ2n) is 3.24. The Morgan fingerprint density at radius 1 is 1.57 bits per heavy atom. The molecule has 0 heterocycles. The average molecular weight is 257 g/mol. The van der Waals surface area contributed by atoms with Crippen LogP contribution in [0.25, 0.3) is 0 Å². The van der Waals surface area contributed by atoms with Gasteiger partial charge in [0, 0.05) is 10.2 Å². The normalized spacial score (nSPS) is 12.3. The summed E-state index contributed by atoms with van der Waals surface area (Å²) in [5.41, 5.74) is 7.31. The van der Waals surface area contributed by atoms with Crippen LogP contribution in [0, 0.1) is 6.92 Å². The third kappa shape index (κ3) is 2.82. The number of hydrogen-bond acceptors (Lipinski definition) is 2. The van der Waals surface area contributed by atoms with Gasteiger partial charge >= 0.3 is 0 Å². The second kappa shape index (κ2) is 4.57. The number of halogens is 1. The Balaban J connectivity index is 2.78. The smallest absolute Gasteiger partial charge is 0.240 e. The van der Waals surface area contributed by atoms with Crippen LogP contribution in [-0.4, -0.2) is 11.9 Å². The van der Waals surface area contributed by atoms with E-state index < -0.39 is 6.04 Å². The summed E-state index contributed by atoms with van der Waals surface area (Å²) in [6.07, 6.45) is 0. The molecule has 0 aliphatic heterocycles. The Bertz CT molecular complexity index is 350. The van der Waals surface area contributed by atoms with E-state index in [1.54, 1.807) is 6.92 Å². The summed E-state index contributed by atoms with van der Waals surface area (Å²) in [6, 6.07) is 5.15. The fourth-order valence-electron chi connectivity index (χ4n) is 0.927. The molecule has 0 unspecified atom stereocenters. The number of carbonyl (C=O) groups excluding carboxylic acids is 1. The summed E-state index contributed by atoms with van der Waals surface area (Å²) in [6.45, 7) is 3.64. The van der Waals surface area contributed by atoms with Crippen LogP contribution >= 0.6 is 15.9 Å². The van der Waals surface area contributed by atoms with Crippen molar-refractivity contribution in [3.8, 4) is 0 Å². The zero-order valence-electron chi connectivity index (χ0n) is 8.17. The number of carbonyl (C=O) groups is 1. The minimum Gasteiger partial charge on any atom is -0.325 e. The third-order valence-electron chi connectivity index (χ3n) is 1.85. The summed E-state index contributed by atoms with van der Waals surface area (Å²) in [7, 11) is 0. The van der Waals surface area contributed by atoms with Gasteiger partial charge in [-0.15, -0.1) is 0 Å². The molecule has 0 radical (unpaired) electrons. The summed E-state index contributed by atoms with van der Waals surface area (Å²) in [5, 5.41) is 2.72. The average Bonchev–Trinajstić information content (AvgIpc) is 2.11. The van der Waals surface area contributed by atoms with Gasteiger partial charge < -0.3 is 11.1 Å². The molecule has 1 amide bonds. The number of nitrogens with two attached hydrogens (primary N) is 1. The predicted octanol–water partition coefficient (Wildman–Crippen LogP) is 2.04. The molecule has 1 aromatic rings. The van der Waals surface area contributed by atoms with Crippen molar-refractivity contribution in [3.05, 3.63) is 28.2 Å². The van der Waals surface area contributed by atoms with Crippen molar-refractivity contribution in [3.63, 3.8) is 0 Å². The first-order chi connectivity index (χ1) is 6.50. The largest absolute Gasteiger partial charge is 0.325 e. The summed E-state index contributed by atoms with van der Waals surface area (Å²) in [4.78, 5) is 11.3. The lowest BCUT2D eigenvalue weighted by atomic mass is 10.2. The van der Waals surface area contributed by atoms with Gasteiger partial charge in [-0.1, -0.05) is 22.0 Å². The molecule has 1 rings (SSSR count). The minimum atomic E-state index is -0.491. The van der Waals surface area contributed by atoms with Crippen molar-refractivity contribution in [2.75, 3.05) is 5.32 Å². The quantitative estimate of drug-likeness (QED) is 0.851. The monoisotopic (exact) mass is 256 g/mol. The number of hydrogen-bond donors (Lipinski definition) is 2. The molecule has 0 saturated heterocycles. The molecule has 0 spiro atoms. The highest BCUT2D eigenvalue weighted by Crippen LogP contribution is 2.20. The van der Waals surface area contributed by atoms with Gasteiger partial charge in [0.15, 0.2) is 0 Å². The van der Waals surface area contributed by atoms with Crippen LogP contribution in [0.15, 0.2) is 22.7 Å². The number of amides is 1. The first kappa shape index (κ1) is 11.2. The van der Waals surface area contributed by atoms with Crippen LogP contribution in [-0.2, 0) is 4.79 Å². The molecule has 14 heavy (non-hydrogen) atoms. The lowest BCUT2D eigenvalue weighted by Crippen LogP contribution is -2.32. The molecule has 0 aliphatic rings. The van der Waals surface area contributed by atoms with Crippen LogP contribution in [0.3, 0.4) is 0 Å². The van der Waals surface area contributed by atoms with Crippen molar-refractivity contribution in [2.24, 2.45) is 5.73 Å². The standard InChI is InChI=1S/C10H13BrN2O/c1-6-3-4-8(5-9(6)11)13-10(14)7(2)12/h3-5,7H,12H2,1-2H3,(H,13,14)/t7-/m1/s1. The molecule has 76 valence electrons. The molecule has 0 saturated carbocycles. The van der Waals surface area contributed by atoms with Crippen LogP contribution < -0.4 is 11.1 Å². The molecule has 0 aromatic heterocycles.